The summed E-state index contributed by atoms with van der Waals surface area (Å²) >= 11 is 0. The largest absolute Gasteiger partial charge is 0.485 e. The van der Waals surface area contributed by atoms with E-state index in [9.17, 15) is 14.0 Å². The Kier molecular flexibility index (Phi) is 4.20. The number of ketones is 1. The molecule has 1 heterocycles. The highest BCUT2D eigenvalue weighted by Crippen LogP contribution is 2.30. The highest BCUT2D eigenvalue weighted by molar-refractivity contribution is 6.05. The van der Waals surface area contributed by atoms with Crippen molar-refractivity contribution in [2.24, 2.45) is 0 Å². The van der Waals surface area contributed by atoms with E-state index in [0.717, 1.165) is 10.8 Å². The molecule has 0 saturated heterocycles. The summed E-state index contributed by atoms with van der Waals surface area (Å²) in [5, 5.41) is 2.13. The Bertz CT molecular complexity index is 1220. The van der Waals surface area contributed by atoms with Crippen LogP contribution in [-0.2, 0) is 0 Å². The fraction of sp³-hybridized carbons (Fsp3) is 0.0909. The average Bonchev–Trinajstić information content (AvgIpc) is 2.68. The lowest BCUT2D eigenvalue weighted by Crippen LogP contribution is -2.12. The molecule has 1 aromatic heterocycles. The van der Waals surface area contributed by atoms with Crippen molar-refractivity contribution in [2.45, 2.75) is 6.92 Å². The third-order valence-corrected chi connectivity index (χ3v) is 4.51. The maximum atomic E-state index is 13.0. The van der Waals surface area contributed by atoms with E-state index in [4.69, 9.17) is 9.15 Å². The molecule has 4 nitrogen and oxygen atoms in total. The lowest BCUT2D eigenvalue weighted by atomic mass is 10.0. The van der Waals surface area contributed by atoms with E-state index in [2.05, 4.69) is 0 Å². The molecule has 0 spiro atoms. The van der Waals surface area contributed by atoms with E-state index in [-0.39, 0.29) is 12.4 Å². The van der Waals surface area contributed by atoms with Gasteiger partial charge in [-0.15, -0.1) is 0 Å². The summed E-state index contributed by atoms with van der Waals surface area (Å²) in [6.45, 7) is 1.58. The molecule has 0 saturated carbocycles. The smallest absolute Gasteiger partial charge is 0.344 e. The lowest BCUT2D eigenvalue weighted by Gasteiger charge is -2.11. The van der Waals surface area contributed by atoms with Crippen molar-refractivity contribution in [3.8, 4) is 5.75 Å². The van der Waals surface area contributed by atoms with Crippen LogP contribution < -0.4 is 10.4 Å². The fourth-order valence-electron chi connectivity index (χ4n) is 3.08. The number of hydrogen-bond donors (Lipinski definition) is 0. The summed E-state index contributed by atoms with van der Waals surface area (Å²) in [5.41, 5.74) is 1.03. The minimum absolute atomic E-state index is 0.199. The minimum Gasteiger partial charge on any atom is -0.485 e. The summed E-state index contributed by atoms with van der Waals surface area (Å²) in [6, 6.07) is 16.1. The average molecular weight is 362 g/mol. The maximum Gasteiger partial charge on any atom is 0.344 e. The molecule has 4 aromatic rings. The third-order valence-electron chi connectivity index (χ3n) is 4.51. The highest BCUT2D eigenvalue weighted by Gasteiger charge is 2.14. The van der Waals surface area contributed by atoms with Crippen LogP contribution in [0.15, 0.2) is 69.9 Å². The topological polar surface area (TPSA) is 56.5 Å². The van der Waals surface area contributed by atoms with Gasteiger partial charge in [-0.25, -0.2) is 9.18 Å². The van der Waals surface area contributed by atoms with E-state index in [1.54, 1.807) is 25.1 Å². The molecule has 0 radical (unpaired) electrons. The second-order valence-corrected chi connectivity index (χ2v) is 6.22. The molecular weight excluding hydrogens is 347 g/mol. The number of aryl methyl sites for hydroxylation is 1. The first-order chi connectivity index (χ1) is 13.0. The first-order valence-electron chi connectivity index (χ1n) is 8.41. The molecule has 0 amide bonds. The second kappa shape index (κ2) is 6.68. The Balaban J connectivity index is 1.68. The molecule has 0 atom stereocenters. The standard InChI is InChI=1S/C22H15FO4/c1-13-20(26-12-19(24)14-6-8-15(23)9-7-14)11-10-17-16-4-2-3-5-18(16)22(25)27-21(13)17/h2-11H,12H2,1H3. The van der Waals surface area contributed by atoms with Gasteiger partial charge in [-0.1, -0.05) is 18.2 Å². The van der Waals surface area contributed by atoms with Crippen LogP contribution in [0.1, 0.15) is 15.9 Å². The zero-order valence-corrected chi connectivity index (χ0v) is 14.5. The van der Waals surface area contributed by atoms with E-state index < -0.39 is 11.4 Å². The predicted octanol–water partition coefficient (Wildman–Crippen LogP) is 4.66. The number of hydrogen-bond acceptors (Lipinski definition) is 4. The number of rotatable bonds is 4. The molecule has 0 aliphatic carbocycles. The van der Waals surface area contributed by atoms with Gasteiger partial charge in [-0.05, 0) is 54.8 Å². The summed E-state index contributed by atoms with van der Waals surface area (Å²) in [6.07, 6.45) is 0. The number of benzene rings is 3. The van der Waals surface area contributed by atoms with E-state index in [0.29, 0.717) is 27.8 Å². The summed E-state index contributed by atoms with van der Waals surface area (Å²) in [5.74, 6) is -0.217. The molecular formula is C22H15FO4. The van der Waals surface area contributed by atoms with Crippen molar-refractivity contribution in [3.05, 3.63) is 88.0 Å². The number of ether oxygens (including phenoxy) is 1. The predicted molar refractivity (Wildman–Crippen MR) is 101 cm³/mol. The Morgan fingerprint density at radius 2 is 1.67 bits per heavy atom. The monoisotopic (exact) mass is 362 g/mol. The number of carbonyl (C=O) groups is 1. The number of carbonyl (C=O) groups excluding carboxylic acids is 1. The Morgan fingerprint density at radius 3 is 2.41 bits per heavy atom. The van der Waals surface area contributed by atoms with E-state index in [1.165, 1.54) is 24.3 Å². The van der Waals surface area contributed by atoms with Crippen molar-refractivity contribution in [1.29, 1.82) is 0 Å². The summed E-state index contributed by atoms with van der Waals surface area (Å²) < 4.78 is 24.1. The zero-order valence-electron chi connectivity index (χ0n) is 14.5. The van der Waals surface area contributed by atoms with Crippen LogP contribution in [0.3, 0.4) is 0 Å². The number of halogens is 1. The van der Waals surface area contributed by atoms with Crippen molar-refractivity contribution < 1.29 is 18.3 Å². The summed E-state index contributed by atoms with van der Waals surface area (Å²) in [4.78, 5) is 24.5. The second-order valence-electron chi connectivity index (χ2n) is 6.22. The van der Waals surface area contributed by atoms with Crippen molar-refractivity contribution in [2.75, 3.05) is 6.61 Å². The van der Waals surface area contributed by atoms with Crippen molar-refractivity contribution >= 4 is 27.5 Å². The van der Waals surface area contributed by atoms with E-state index in [1.807, 2.05) is 18.2 Å². The van der Waals surface area contributed by atoms with Gasteiger partial charge in [0.1, 0.15) is 17.1 Å². The Labute approximate surface area is 153 Å². The Hall–Kier alpha value is -3.47. The van der Waals surface area contributed by atoms with Gasteiger partial charge in [0.05, 0.1) is 5.39 Å². The van der Waals surface area contributed by atoms with Crippen LogP contribution in [0.25, 0.3) is 21.7 Å². The molecule has 0 unspecified atom stereocenters. The van der Waals surface area contributed by atoms with Gasteiger partial charge in [-0.3, -0.25) is 4.79 Å². The minimum atomic E-state index is -0.416. The van der Waals surface area contributed by atoms with Gasteiger partial charge in [0.15, 0.2) is 12.4 Å². The van der Waals surface area contributed by atoms with Crippen molar-refractivity contribution in [3.63, 3.8) is 0 Å². The van der Waals surface area contributed by atoms with Crippen LogP contribution in [0.5, 0.6) is 5.75 Å². The quantitative estimate of drug-likeness (QED) is 0.301. The maximum absolute atomic E-state index is 13.0. The normalized spacial score (nSPS) is 11.0. The van der Waals surface area contributed by atoms with E-state index >= 15 is 0 Å². The first-order valence-corrected chi connectivity index (χ1v) is 8.41. The van der Waals surface area contributed by atoms with Crippen LogP contribution >= 0.6 is 0 Å². The van der Waals surface area contributed by atoms with Gasteiger partial charge in [-0.2, -0.15) is 0 Å². The molecule has 0 aliphatic rings. The first kappa shape index (κ1) is 17.0. The van der Waals surface area contributed by atoms with Crippen LogP contribution in [0.4, 0.5) is 4.39 Å². The molecule has 27 heavy (non-hydrogen) atoms. The van der Waals surface area contributed by atoms with Gasteiger partial charge in [0.25, 0.3) is 0 Å². The van der Waals surface area contributed by atoms with Crippen LogP contribution in [0.2, 0.25) is 0 Å². The third kappa shape index (κ3) is 3.08. The van der Waals surface area contributed by atoms with Gasteiger partial charge < -0.3 is 9.15 Å². The molecule has 0 bridgehead atoms. The van der Waals surface area contributed by atoms with Crippen LogP contribution in [-0.4, -0.2) is 12.4 Å². The molecule has 0 N–H and O–H groups in total. The van der Waals surface area contributed by atoms with Crippen molar-refractivity contribution in [1.82, 2.24) is 0 Å². The van der Waals surface area contributed by atoms with Gasteiger partial charge >= 0.3 is 5.63 Å². The molecule has 5 heteroatoms. The zero-order chi connectivity index (χ0) is 19.0. The molecule has 3 aromatic carbocycles. The summed E-state index contributed by atoms with van der Waals surface area (Å²) in [7, 11) is 0. The molecule has 0 aliphatic heterocycles. The SMILES string of the molecule is Cc1c(OCC(=O)c2ccc(F)cc2)ccc2c1oc(=O)c1ccccc12. The lowest BCUT2D eigenvalue weighted by molar-refractivity contribution is 0.0921. The molecule has 0 fully saturated rings. The van der Waals surface area contributed by atoms with Crippen LogP contribution in [0, 0.1) is 12.7 Å². The highest BCUT2D eigenvalue weighted by atomic mass is 19.1. The van der Waals surface area contributed by atoms with Gasteiger partial charge in [0.2, 0.25) is 0 Å². The fourth-order valence-corrected chi connectivity index (χ4v) is 3.08. The van der Waals surface area contributed by atoms with Gasteiger partial charge in [0, 0.05) is 16.5 Å². The number of Topliss-reactive ketones (excluding diaryl/α,β-unsaturated/α-hetero) is 1. The number of fused-ring (bicyclic) bond motifs is 3. The Morgan fingerprint density at radius 1 is 0.963 bits per heavy atom. The molecule has 4 rings (SSSR count). The molecule has 134 valence electrons.